The molecule has 0 bridgehead atoms. The van der Waals surface area contributed by atoms with Crippen molar-refractivity contribution in [2.45, 2.75) is 6.92 Å². The van der Waals surface area contributed by atoms with Gasteiger partial charge in [0.25, 0.3) is 0 Å². The number of halogens is 1. The monoisotopic (exact) mass is 197 g/mol. The van der Waals surface area contributed by atoms with Gasteiger partial charge in [-0.2, -0.15) is 0 Å². The third kappa shape index (κ3) is 2.74. The molecule has 0 aliphatic heterocycles. The largest absolute Gasteiger partial charge is 0.478 e. The number of benzene rings is 1. The summed E-state index contributed by atoms with van der Waals surface area (Å²) in [5, 5.41) is 0.718. The van der Waals surface area contributed by atoms with Crippen LogP contribution in [0, 0.1) is 0 Å². The summed E-state index contributed by atoms with van der Waals surface area (Å²) in [5.74, 6) is 0.652. The second-order valence-electron chi connectivity index (χ2n) is 2.47. The molecule has 0 saturated heterocycles. The van der Waals surface area contributed by atoms with Crippen LogP contribution in [-0.2, 0) is 4.74 Å². The minimum atomic E-state index is 0.620. The lowest BCUT2D eigenvalue weighted by Crippen LogP contribution is -2.05. The van der Waals surface area contributed by atoms with Gasteiger partial charge in [-0.15, -0.1) is 0 Å². The van der Waals surface area contributed by atoms with E-state index in [1.807, 2.05) is 31.2 Å². The molecular weight excluding hydrogens is 186 g/mol. The van der Waals surface area contributed by atoms with Gasteiger partial charge in [-0.25, -0.2) is 0 Å². The summed E-state index contributed by atoms with van der Waals surface area (Å²) in [6, 6.07) is 7.42. The highest BCUT2D eigenvalue weighted by Gasteiger charge is 2.01. The molecule has 13 heavy (non-hydrogen) atoms. The molecule has 0 unspecified atom stereocenters. The highest BCUT2D eigenvalue weighted by atomic mass is 35.5. The Labute approximate surface area is 83.2 Å². The third-order valence-corrected chi connectivity index (χ3v) is 1.83. The second-order valence-corrected chi connectivity index (χ2v) is 2.91. The molecule has 0 fully saturated rings. The van der Waals surface area contributed by atoms with E-state index in [-0.39, 0.29) is 0 Å². The van der Waals surface area contributed by atoms with Gasteiger partial charge in [0.05, 0.1) is 6.61 Å². The van der Waals surface area contributed by atoms with Crippen molar-refractivity contribution in [1.29, 1.82) is 0 Å². The molecule has 1 rings (SSSR count). The van der Waals surface area contributed by atoms with E-state index in [1.165, 1.54) is 0 Å². The Morgan fingerprint density at radius 2 is 2.00 bits per heavy atom. The summed E-state index contributed by atoms with van der Waals surface area (Å²) in [7, 11) is 1.71. The van der Waals surface area contributed by atoms with Crippen LogP contribution in [0.1, 0.15) is 12.5 Å². The summed E-state index contributed by atoms with van der Waals surface area (Å²) >= 11 is 5.76. The van der Waals surface area contributed by atoms with Crippen molar-refractivity contribution in [2.24, 2.45) is 4.99 Å². The molecule has 1 aromatic carbocycles. The van der Waals surface area contributed by atoms with Crippen LogP contribution in [0.3, 0.4) is 0 Å². The Balaban J connectivity index is 2.87. The van der Waals surface area contributed by atoms with Crippen LogP contribution in [0.25, 0.3) is 0 Å². The maximum Gasteiger partial charge on any atom is 0.215 e. The first kappa shape index (κ1) is 10.1. The highest BCUT2D eigenvalue weighted by Crippen LogP contribution is 2.10. The van der Waals surface area contributed by atoms with E-state index in [4.69, 9.17) is 16.3 Å². The van der Waals surface area contributed by atoms with Crippen molar-refractivity contribution in [3.8, 4) is 0 Å². The molecule has 0 amide bonds. The molecule has 0 spiro atoms. The molecule has 0 radical (unpaired) electrons. The minimum Gasteiger partial charge on any atom is -0.478 e. The average Bonchev–Trinajstić information content (AvgIpc) is 2.16. The van der Waals surface area contributed by atoms with Gasteiger partial charge in [0.1, 0.15) is 0 Å². The molecule has 1 aromatic rings. The first-order valence-corrected chi connectivity index (χ1v) is 4.51. The first-order chi connectivity index (χ1) is 6.27. The SMILES string of the molecule is CCOC(=NC)c1ccc(Cl)cc1. The van der Waals surface area contributed by atoms with Crippen LogP contribution >= 0.6 is 11.6 Å². The molecule has 0 aliphatic carbocycles. The van der Waals surface area contributed by atoms with Crippen molar-refractivity contribution in [2.75, 3.05) is 13.7 Å². The first-order valence-electron chi connectivity index (χ1n) is 4.13. The van der Waals surface area contributed by atoms with E-state index in [1.54, 1.807) is 7.05 Å². The van der Waals surface area contributed by atoms with Crippen LogP contribution in [0.15, 0.2) is 29.3 Å². The fourth-order valence-electron chi connectivity index (χ4n) is 1.01. The van der Waals surface area contributed by atoms with Gasteiger partial charge >= 0.3 is 0 Å². The van der Waals surface area contributed by atoms with E-state index >= 15 is 0 Å². The van der Waals surface area contributed by atoms with Gasteiger partial charge in [-0.05, 0) is 31.2 Å². The maximum absolute atomic E-state index is 5.76. The fraction of sp³-hybridized carbons (Fsp3) is 0.300. The van der Waals surface area contributed by atoms with E-state index in [0.29, 0.717) is 12.5 Å². The Morgan fingerprint density at radius 1 is 1.38 bits per heavy atom. The smallest absolute Gasteiger partial charge is 0.215 e. The van der Waals surface area contributed by atoms with Gasteiger partial charge in [-0.3, -0.25) is 4.99 Å². The van der Waals surface area contributed by atoms with Gasteiger partial charge in [-0.1, -0.05) is 11.6 Å². The van der Waals surface area contributed by atoms with Crippen molar-refractivity contribution in [3.63, 3.8) is 0 Å². The average molecular weight is 198 g/mol. The van der Waals surface area contributed by atoms with Crippen LogP contribution in [0.4, 0.5) is 0 Å². The summed E-state index contributed by atoms with van der Waals surface area (Å²) in [4.78, 5) is 4.03. The standard InChI is InChI=1S/C10H12ClNO/c1-3-13-10(12-2)8-4-6-9(11)7-5-8/h4-7H,3H2,1-2H3. The quantitative estimate of drug-likeness (QED) is 0.528. The lowest BCUT2D eigenvalue weighted by atomic mass is 10.2. The molecule has 0 aromatic heterocycles. The lowest BCUT2D eigenvalue weighted by molar-refractivity contribution is 0.328. The summed E-state index contributed by atoms with van der Waals surface area (Å²) in [6.07, 6.45) is 0. The molecule has 0 atom stereocenters. The number of hydrogen-bond donors (Lipinski definition) is 0. The lowest BCUT2D eigenvalue weighted by Gasteiger charge is -2.05. The molecule has 0 heterocycles. The Kier molecular flexibility index (Phi) is 3.77. The van der Waals surface area contributed by atoms with Crippen LogP contribution < -0.4 is 0 Å². The fourth-order valence-corrected chi connectivity index (χ4v) is 1.13. The van der Waals surface area contributed by atoms with Gasteiger partial charge in [0.15, 0.2) is 0 Å². The minimum absolute atomic E-state index is 0.620. The van der Waals surface area contributed by atoms with Gasteiger partial charge in [0, 0.05) is 17.6 Å². The molecule has 2 nitrogen and oxygen atoms in total. The van der Waals surface area contributed by atoms with Crippen LogP contribution in [0.2, 0.25) is 5.02 Å². The highest BCUT2D eigenvalue weighted by molar-refractivity contribution is 6.30. The van der Waals surface area contributed by atoms with E-state index in [0.717, 1.165) is 10.6 Å². The van der Waals surface area contributed by atoms with Gasteiger partial charge < -0.3 is 4.74 Å². The Bertz CT molecular complexity index is 292. The van der Waals surface area contributed by atoms with Crippen LogP contribution in [-0.4, -0.2) is 19.6 Å². The molecular formula is C10H12ClNO. The van der Waals surface area contributed by atoms with Crippen molar-refractivity contribution in [1.82, 2.24) is 0 Å². The third-order valence-electron chi connectivity index (χ3n) is 1.58. The topological polar surface area (TPSA) is 21.6 Å². The number of aliphatic imine (C=N–C) groups is 1. The van der Waals surface area contributed by atoms with Crippen molar-refractivity contribution < 1.29 is 4.74 Å². The van der Waals surface area contributed by atoms with Crippen molar-refractivity contribution in [3.05, 3.63) is 34.9 Å². The van der Waals surface area contributed by atoms with Crippen molar-refractivity contribution >= 4 is 17.5 Å². The zero-order chi connectivity index (χ0) is 9.68. The Hall–Kier alpha value is -1.02. The summed E-state index contributed by atoms with van der Waals surface area (Å²) in [5.41, 5.74) is 0.953. The van der Waals surface area contributed by atoms with Crippen LogP contribution in [0.5, 0.6) is 0 Å². The van der Waals surface area contributed by atoms with E-state index in [2.05, 4.69) is 4.99 Å². The zero-order valence-electron chi connectivity index (χ0n) is 7.75. The predicted octanol–water partition coefficient (Wildman–Crippen LogP) is 2.75. The number of hydrogen-bond acceptors (Lipinski definition) is 2. The molecule has 0 N–H and O–H groups in total. The van der Waals surface area contributed by atoms with E-state index in [9.17, 15) is 0 Å². The normalized spacial score (nSPS) is 11.5. The number of nitrogens with zero attached hydrogens (tertiary/aromatic N) is 1. The molecule has 0 aliphatic rings. The summed E-state index contributed by atoms with van der Waals surface area (Å²) < 4.78 is 5.32. The van der Waals surface area contributed by atoms with Gasteiger partial charge in [0.2, 0.25) is 5.90 Å². The predicted molar refractivity (Wildman–Crippen MR) is 55.5 cm³/mol. The number of ether oxygens (including phenoxy) is 1. The molecule has 3 heteroatoms. The maximum atomic E-state index is 5.76. The second kappa shape index (κ2) is 4.87. The number of rotatable bonds is 2. The van der Waals surface area contributed by atoms with E-state index < -0.39 is 0 Å². The molecule has 70 valence electrons. The molecule has 0 saturated carbocycles. The Morgan fingerprint density at radius 3 is 2.46 bits per heavy atom. The summed E-state index contributed by atoms with van der Waals surface area (Å²) in [6.45, 7) is 2.55. The zero-order valence-corrected chi connectivity index (χ0v) is 8.51.